The Morgan fingerprint density at radius 3 is 2.23 bits per heavy atom. The van der Waals surface area contributed by atoms with Crippen LogP contribution >= 0.6 is 11.3 Å². The first kappa shape index (κ1) is 21.1. The van der Waals surface area contributed by atoms with Gasteiger partial charge in [-0.25, -0.2) is 4.98 Å². The van der Waals surface area contributed by atoms with Crippen molar-refractivity contribution in [3.8, 4) is 45.8 Å². The Morgan fingerprint density at radius 1 is 1.03 bits per heavy atom. The number of amidine groups is 1. The molecular formula is C20H21N3O6S. The maximum Gasteiger partial charge on any atom is 0.215 e. The summed E-state index contributed by atoms with van der Waals surface area (Å²) >= 11 is 1.63. The van der Waals surface area contributed by atoms with Crippen LogP contribution in [0.2, 0.25) is 0 Å². The van der Waals surface area contributed by atoms with Gasteiger partial charge in [-0.3, -0.25) is 0 Å². The Bertz CT molecular complexity index is 1120. The highest BCUT2D eigenvalue weighted by Crippen LogP contribution is 2.52. The Labute approximate surface area is 176 Å². The fourth-order valence-electron chi connectivity index (χ4n) is 2.90. The lowest BCUT2D eigenvalue weighted by atomic mass is 10.1. The van der Waals surface area contributed by atoms with E-state index in [4.69, 9.17) is 15.7 Å². The zero-order valence-electron chi connectivity index (χ0n) is 16.4. The third-order valence-electron chi connectivity index (χ3n) is 4.35. The van der Waals surface area contributed by atoms with Crippen molar-refractivity contribution in [1.82, 2.24) is 4.98 Å². The average molecular weight is 431 g/mol. The van der Waals surface area contributed by atoms with E-state index >= 15 is 0 Å². The van der Waals surface area contributed by atoms with Gasteiger partial charge in [0.15, 0.2) is 17.3 Å². The number of ether oxygens (including phenoxy) is 1. The topological polar surface area (TPSA) is 162 Å². The smallest absolute Gasteiger partial charge is 0.215 e. The molecule has 2 aromatic carbocycles. The highest BCUT2D eigenvalue weighted by Gasteiger charge is 2.27. The van der Waals surface area contributed by atoms with E-state index in [0.717, 1.165) is 21.1 Å². The van der Waals surface area contributed by atoms with E-state index in [9.17, 15) is 20.4 Å². The molecule has 3 rings (SSSR count). The van der Waals surface area contributed by atoms with Crippen LogP contribution in [0.5, 0.6) is 34.5 Å². The zero-order valence-corrected chi connectivity index (χ0v) is 17.2. The summed E-state index contributed by atoms with van der Waals surface area (Å²) in [5.41, 5.74) is 6.59. The number of hydrogen-bond acceptors (Lipinski definition) is 9. The van der Waals surface area contributed by atoms with Crippen LogP contribution < -0.4 is 10.5 Å². The van der Waals surface area contributed by atoms with Crippen LogP contribution in [-0.2, 0) is 0 Å². The number of hydrogen-bond donors (Lipinski definition) is 6. The molecule has 158 valence electrons. The van der Waals surface area contributed by atoms with Gasteiger partial charge in [0.1, 0.15) is 11.3 Å². The molecule has 3 aromatic rings. The Kier molecular flexibility index (Phi) is 5.61. The number of phenolic OH excluding ortho intramolecular Hbond substituents is 4. The minimum atomic E-state index is -0.986. The van der Waals surface area contributed by atoms with Crippen molar-refractivity contribution in [2.24, 2.45) is 10.9 Å². The number of aromatic hydroxyl groups is 4. The second-order valence-corrected chi connectivity index (χ2v) is 8.05. The summed E-state index contributed by atoms with van der Waals surface area (Å²) in [4.78, 5) is 5.75. The van der Waals surface area contributed by atoms with Gasteiger partial charge in [-0.05, 0) is 37.1 Å². The highest BCUT2D eigenvalue weighted by atomic mass is 32.1. The summed E-state index contributed by atoms with van der Waals surface area (Å²) in [5.74, 6) is -4.36. The van der Waals surface area contributed by atoms with Crippen LogP contribution in [0, 0.1) is 6.92 Å². The van der Waals surface area contributed by atoms with Crippen molar-refractivity contribution < 1.29 is 30.4 Å². The SMILES string of the molecule is Cc1nc(-c2ccc(Oc3c(O)c(O)c(O)c(C(N)=NO)c3O)cc2)c(C(C)C)s1. The summed E-state index contributed by atoms with van der Waals surface area (Å²) in [7, 11) is 0. The number of nitrogens with two attached hydrogens (primary N) is 1. The number of phenols is 4. The predicted molar refractivity (Wildman–Crippen MR) is 112 cm³/mol. The molecule has 30 heavy (non-hydrogen) atoms. The molecule has 0 saturated carbocycles. The van der Waals surface area contributed by atoms with E-state index in [2.05, 4.69) is 24.0 Å². The fraction of sp³-hybridized carbons (Fsp3) is 0.200. The molecule has 0 aliphatic heterocycles. The van der Waals surface area contributed by atoms with Crippen molar-refractivity contribution in [1.29, 1.82) is 0 Å². The normalized spacial score (nSPS) is 11.8. The van der Waals surface area contributed by atoms with Crippen molar-refractivity contribution in [3.63, 3.8) is 0 Å². The van der Waals surface area contributed by atoms with Crippen LogP contribution in [0.3, 0.4) is 0 Å². The van der Waals surface area contributed by atoms with Crippen molar-refractivity contribution in [2.45, 2.75) is 26.7 Å². The fourth-order valence-corrected chi connectivity index (χ4v) is 3.86. The minimum Gasteiger partial charge on any atom is -0.504 e. The van der Waals surface area contributed by atoms with Crippen LogP contribution in [0.25, 0.3) is 11.3 Å². The largest absolute Gasteiger partial charge is 0.504 e. The molecule has 0 fully saturated rings. The Balaban J connectivity index is 2.00. The Morgan fingerprint density at radius 2 is 1.67 bits per heavy atom. The zero-order chi connectivity index (χ0) is 22.2. The average Bonchev–Trinajstić information content (AvgIpc) is 3.12. The van der Waals surface area contributed by atoms with Crippen molar-refractivity contribution in [3.05, 3.63) is 39.7 Å². The van der Waals surface area contributed by atoms with Crippen molar-refractivity contribution >= 4 is 17.2 Å². The number of rotatable bonds is 5. The summed E-state index contributed by atoms with van der Waals surface area (Å²) in [6.07, 6.45) is 0. The van der Waals surface area contributed by atoms with Crippen molar-refractivity contribution in [2.75, 3.05) is 0 Å². The van der Waals surface area contributed by atoms with E-state index in [1.54, 1.807) is 35.6 Å². The molecule has 10 heteroatoms. The molecule has 1 heterocycles. The second kappa shape index (κ2) is 7.99. The van der Waals surface area contributed by atoms with Gasteiger partial charge < -0.3 is 36.1 Å². The van der Waals surface area contributed by atoms with Gasteiger partial charge in [-0.2, -0.15) is 0 Å². The molecule has 0 radical (unpaired) electrons. The first-order valence-electron chi connectivity index (χ1n) is 8.89. The van der Waals surface area contributed by atoms with Crippen LogP contribution in [0.15, 0.2) is 29.4 Å². The molecule has 0 atom stereocenters. The number of thiazole rings is 1. The number of aromatic nitrogens is 1. The summed E-state index contributed by atoms with van der Waals surface area (Å²) < 4.78 is 5.50. The molecule has 0 saturated heterocycles. The molecule has 7 N–H and O–H groups in total. The highest BCUT2D eigenvalue weighted by molar-refractivity contribution is 7.12. The quantitative estimate of drug-likeness (QED) is 0.0883. The van der Waals surface area contributed by atoms with E-state index in [1.807, 2.05) is 6.92 Å². The number of nitrogens with zero attached hydrogens (tertiary/aromatic N) is 2. The summed E-state index contributed by atoms with van der Waals surface area (Å²) in [6, 6.07) is 6.74. The third-order valence-corrected chi connectivity index (χ3v) is 5.62. The maximum absolute atomic E-state index is 10.3. The van der Waals surface area contributed by atoms with E-state index < -0.39 is 40.1 Å². The second-order valence-electron chi connectivity index (χ2n) is 6.81. The first-order valence-corrected chi connectivity index (χ1v) is 9.70. The third kappa shape index (κ3) is 3.64. The van der Waals surface area contributed by atoms with Crippen LogP contribution in [-0.4, -0.2) is 36.5 Å². The first-order chi connectivity index (χ1) is 14.1. The van der Waals surface area contributed by atoms with Gasteiger partial charge >= 0.3 is 0 Å². The molecule has 0 aliphatic rings. The Hall–Kier alpha value is -3.66. The molecule has 9 nitrogen and oxygen atoms in total. The van der Waals surface area contributed by atoms with E-state index in [-0.39, 0.29) is 5.75 Å². The molecular weight excluding hydrogens is 410 g/mol. The van der Waals surface area contributed by atoms with Crippen LogP contribution in [0.1, 0.15) is 35.2 Å². The molecule has 0 unspecified atom stereocenters. The summed E-state index contributed by atoms with van der Waals surface area (Å²) in [6.45, 7) is 6.13. The van der Waals surface area contributed by atoms with Gasteiger partial charge in [-0.1, -0.05) is 19.0 Å². The number of benzene rings is 2. The molecule has 1 aromatic heterocycles. The van der Waals surface area contributed by atoms with E-state index in [0.29, 0.717) is 5.92 Å². The lowest BCUT2D eigenvalue weighted by Gasteiger charge is -2.15. The monoisotopic (exact) mass is 431 g/mol. The standard InChI is InChI=1S/C20H21N3O6S/c1-8(2)19-13(22-9(3)30-19)10-4-6-11(7-5-10)29-18-15(25)12(20(21)23-28)14(24)16(26)17(18)27/h4-8,24-28H,1-3H3,(H2,21,23). The van der Waals surface area contributed by atoms with Gasteiger partial charge in [-0.15, -0.1) is 11.3 Å². The van der Waals surface area contributed by atoms with Gasteiger partial charge in [0.25, 0.3) is 0 Å². The summed E-state index contributed by atoms with van der Waals surface area (Å²) in [5, 5.41) is 52.7. The lowest BCUT2D eigenvalue weighted by Crippen LogP contribution is -2.14. The minimum absolute atomic E-state index is 0.220. The van der Waals surface area contributed by atoms with Crippen LogP contribution in [0.4, 0.5) is 0 Å². The number of aryl methyl sites for hydroxylation is 1. The van der Waals surface area contributed by atoms with Gasteiger partial charge in [0.2, 0.25) is 17.2 Å². The maximum atomic E-state index is 10.3. The van der Waals surface area contributed by atoms with E-state index in [1.165, 1.54) is 0 Å². The van der Waals surface area contributed by atoms with Gasteiger partial charge in [0, 0.05) is 10.4 Å². The number of oxime groups is 1. The van der Waals surface area contributed by atoms with Gasteiger partial charge in [0.05, 0.1) is 10.7 Å². The molecule has 0 aliphatic carbocycles. The lowest BCUT2D eigenvalue weighted by molar-refractivity contribution is 0.315. The molecule has 0 amide bonds. The molecule has 0 bridgehead atoms. The predicted octanol–water partition coefficient (Wildman–Crippen LogP) is 3.95. The molecule has 0 spiro atoms.